The number of fused-ring (bicyclic) bond motifs is 16. The van der Waals surface area contributed by atoms with Crippen molar-refractivity contribution in [2.45, 2.75) is 0 Å². The van der Waals surface area contributed by atoms with Crippen molar-refractivity contribution < 1.29 is 0 Å². The van der Waals surface area contributed by atoms with Gasteiger partial charge in [0, 0.05) is 54.2 Å². The van der Waals surface area contributed by atoms with Gasteiger partial charge in [-0.05, 0) is 57.4 Å². The summed E-state index contributed by atoms with van der Waals surface area (Å²) in [4.78, 5) is 16.6. The van der Waals surface area contributed by atoms with Crippen molar-refractivity contribution in [3.8, 4) is 34.4 Å². The van der Waals surface area contributed by atoms with Crippen LogP contribution in [-0.2, 0) is 0 Å². The summed E-state index contributed by atoms with van der Waals surface area (Å²) in [6, 6.07) is 82.9. The maximum Gasteiger partial charge on any atom is 0.240 e. The van der Waals surface area contributed by atoms with Crippen LogP contribution in [0.25, 0.3) is 138 Å². The Morgan fingerprint density at radius 3 is 1.00 bits per heavy atom. The summed E-state index contributed by atoms with van der Waals surface area (Å²) in [7, 11) is 0. The highest BCUT2D eigenvalue weighted by Crippen LogP contribution is 2.43. The zero-order valence-corrected chi connectivity index (χ0v) is 37.1. The van der Waals surface area contributed by atoms with E-state index in [-0.39, 0.29) is 0 Å². The van der Waals surface area contributed by atoms with E-state index < -0.39 is 0 Å². The average molecular weight is 879 g/mol. The van der Waals surface area contributed by atoms with Crippen molar-refractivity contribution in [1.82, 2.24) is 28.5 Å². The number of aromatic nitrogens is 6. The summed E-state index contributed by atoms with van der Waals surface area (Å²) >= 11 is 0. The van der Waals surface area contributed by atoms with E-state index in [1.54, 1.807) is 0 Å². The smallest absolute Gasteiger partial charge is 0.240 e. The molecule has 15 rings (SSSR count). The lowest BCUT2D eigenvalue weighted by molar-refractivity contribution is 0.893. The normalized spacial score (nSPS) is 12.1. The van der Waals surface area contributed by atoms with Crippen molar-refractivity contribution in [3.05, 3.63) is 231 Å². The third-order valence-electron chi connectivity index (χ3n) is 14.3. The SMILES string of the molecule is c1ccc(-c2cccc3c4ccccc4c4ccccc4c4cccc5c6ccccc6n(c23)c45)c(-c2nc(-n3c4ccccc4c4ccccc43)nc(-n3c4ccccc4c4ccccc43)n2)c1. The first-order valence-corrected chi connectivity index (χ1v) is 23.5. The van der Waals surface area contributed by atoms with E-state index in [1.165, 1.54) is 43.2 Å². The molecule has 0 spiro atoms. The quantitative estimate of drug-likeness (QED) is 0.177. The van der Waals surface area contributed by atoms with Crippen molar-refractivity contribution >= 4 is 103 Å². The monoisotopic (exact) mass is 878 g/mol. The molecular weight excluding hydrogens is 841 g/mol. The molecule has 0 N–H and O–H groups in total. The summed E-state index contributed by atoms with van der Waals surface area (Å²) in [5.41, 5.74) is 10.5. The van der Waals surface area contributed by atoms with Gasteiger partial charge in [0.05, 0.1) is 38.6 Å². The summed E-state index contributed by atoms with van der Waals surface area (Å²) < 4.78 is 6.93. The molecule has 5 aromatic heterocycles. The molecule has 0 bridgehead atoms. The molecule has 0 atom stereocenters. The van der Waals surface area contributed by atoms with Gasteiger partial charge in [0.25, 0.3) is 0 Å². The molecule has 15 aromatic rings. The Morgan fingerprint density at radius 1 is 0.217 bits per heavy atom. The van der Waals surface area contributed by atoms with Crippen LogP contribution in [0.2, 0.25) is 0 Å². The van der Waals surface area contributed by atoms with Crippen molar-refractivity contribution in [2.24, 2.45) is 0 Å². The van der Waals surface area contributed by atoms with E-state index in [1.807, 2.05) is 0 Å². The van der Waals surface area contributed by atoms with Gasteiger partial charge in [-0.3, -0.25) is 9.13 Å². The Bertz CT molecular complexity index is 4450. The largest absolute Gasteiger partial charge is 0.307 e. The van der Waals surface area contributed by atoms with Crippen LogP contribution in [0.5, 0.6) is 0 Å². The molecule has 0 unspecified atom stereocenters. The van der Waals surface area contributed by atoms with Gasteiger partial charge in [-0.1, -0.05) is 200 Å². The topological polar surface area (TPSA) is 52.9 Å². The Hall–Kier alpha value is -9.39. The zero-order valence-electron chi connectivity index (χ0n) is 37.1. The Labute approximate surface area is 394 Å². The molecule has 0 amide bonds. The second-order valence-electron chi connectivity index (χ2n) is 17.9. The average Bonchev–Trinajstić information content (AvgIpc) is 4.07. The summed E-state index contributed by atoms with van der Waals surface area (Å²) in [6.45, 7) is 0. The van der Waals surface area contributed by atoms with Gasteiger partial charge in [0.2, 0.25) is 11.9 Å². The predicted octanol–water partition coefficient (Wildman–Crippen LogP) is 16.0. The van der Waals surface area contributed by atoms with E-state index in [0.29, 0.717) is 17.7 Å². The fourth-order valence-electron chi connectivity index (χ4n) is 11.5. The van der Waals surface area contributed by atoms with Gasteiger partial charge in [-0.25, -0.2) is 0 Å². The molecule has 0 saturated carbocycles. The van der Waals surface area contributed by atoms with Crippen LogP contribution in [0.15, 0.2) is 231 Å². The fraction of sp³-hybridized carbons (Fsp3) is 0. The number of hydrogen-bond donors (Lipinski definition) is 0. The first-order chi connectivity index (χ1) is 34.3. The number of para-hydroxylation sites is 7. The third-order valence-corrected chi connectivity index (χ3v) is 14.3. The Kier molecular flexibility index (Phi) is 7.97. The molecule has 0 aliphatic carbocycles. The highest BCUT2D eigenvalue weighted by molar-refractivity contribution is 6.26. The molecule has 6 nitrogen and oxygen atoms in total. The third kappa shape index (κ3) is 5.39. The van der Waals surface area contributed by atoms with Crippen molar-refractivity contribution in [3.63, 3.8) is 0 Å². The lowest BCUT2D eigenvalue weighted by atomic mass is 9.95. The summed E-state index contributed by atoms with van der Waals surface area (Å²) in [5, 5.41) is 14.1. The van der Waals surface area contributed by atoms with E-state index in [2.05, 4.69) is 244 Å². The molecule has 5 heterocycles. The first-order valence-electron chi connectivity index (χ1n) is 23.5. The molecule has 0 radical (unpaired) electrons. The maximum absolute atomic E-state index is 5.56. The molecule has 6 heteroatoms. The van der Waals surface area contributed by atoms with Gasteiger partial charge >= 0.3 is 0 Å². The minimum atomic E-state index is 0.544. The molecule has 0 aliphatic heterocycles. The van der Waals surface area contributed by atoms with Crippen molar-refractivity contribution in [2.75, 3.05) is 0 Å². The standard InChI is InChI=1S/C63H38N6/c1-3-21-41-39(19-1)40-20-2-4-22-42(40)50-31-18-33-52-48-28-11-16-38-58(48)69(60(50)52)59-49(41)30-17-32-51(59)43-23-5-6-29-53(43)61-64-62(67-54-34-12-7-24-44(54)45-25-8-13-35-55(45)67)66-63(65-61)68-56-36-14-9-26-46(56)47-27-10-15-37-57(47)68/h1-38H. The van der Waals surface area contributed by atoms with E-state index in [0.717, 1.165) is 76.7 Å². The van der Waals surface area contributed by atoms with Gasteiger partial charge in [0.1, 0.15) is 0 Å². The van der Waals surface area contributed by atoms with Crippen molar-refractivity contribution in [1.29, 1.82) is 0 Å². The number of benzene rings is 10. The maximum atomic E-state index is 5.56. The summed E-state index contributed by atoms with van der Waals surface area (Å²) in [5.74, 6) is 1.66. The van der Waals surface area contributed by atoms with Crippen LogP contribution >= 0.6 is 0 Å². The fourth-order valence-corrected chi connectivity index (χ4v) is 11.5. The number of rotatable bonds is 4. The van der Waals surface area contributed by atoms with E-state index in [4.69, 9.17) is 15.0 Å². The second-order valence-corrected chi connectivity index (χ2v) is 17.9. The molecule has 69 heavy (non-hydrogen) atoms. The minimum absolute atomic E-state index is 0.544. The molecule has 10 aromatic carbocycles. The second kappa shape index (κ2) is 14.6. The molecule has 0 fully saturated rings. The van der Waals surface area contributed by atoms with Gasteiger partial charge in [0.15, 0.2) is 5.82 Å². The Balaban J connectivity index is 1.11. The van der Waals surface area contributed by atoms with Crippen LogP contribution < -0.4 is 0 Å². The van der Waals surface area contributed by atoms with Crippen LogP contribution in [0.1, 0.15) is 0 Å². The van der Waals surface area contributed by atoms with Crippen LogP contribution in [-0.4, -0.2) is 28.5 Å². The minimum Gasteiger partial charge on any atom is -0.307 e. The first kappa shape index (κ1) is 37.8. The van der Waals surface area contributed by atoms with Gasteiger partial charge in [-0.2, -0.15) is 15.0 Å². The molecular formula is C63H38N6. The van der Waals surface area contributed by atoms with Crippen LogP contribution in [0, 0.1) is 0 Å². The van der Waals surface area contributed by atoms with Gasteiger partial charge in [-0.15, -0.1) is 0 Å². The van der Waals surface area contributed by atoms with Crippen LogP contribution in [0.4, 0.5) is 0 Å². The predicted molar refractivity (Wildman–Crippen MR) is 287 cm³/mol. The molecule has 320 valence electrons. The van der Waals surface area contributed by atoms with E-state index in [9.17, 15) is 0 Å². The lowest BCUT2D eigenvalue weighted by Crippen LogP contribution is -2.10. The molecule has 0 aliphatic rings. The molecule has 0 saturated heterocycles. The van der Waals surface area contributed by atoms with E-state index >= 15 is 0 Å². The number of hydrogen-bond acceptors (Lipinski definition) is 3. The number of nitrogens with zero attached hydrogens (tertiary/aromatic N) is 6. The highest BCUT2D eigenvalue weighted by atomic mass is 15.3. The summed E-state index contributed by atoms with van der Waals surface area (Å²) in [6.07, 6.45) is 0. The zero-order chi connectivity index (χ0) is 45.2. The lowest BCUT2D eigenvalue weighted by Gasteiger charge is -2.16. The van der Waals surface area contributed by atoms with Gasteiger partial charge < -0.3 is 4.40 Å². The highest BCUT2D eigenvalue weighted by Gasteiger charge is 2.24. The Morgan fingerprint density at radius 2 is 0.522 bits per heavy atom. The van der Waals surface area contributed by atoms with Crippen LogP contribution in [0.3, 0.4) is 0 Å².